The Morgan fingerprint density at radius 3 is 2.82 bits per heavy atom. The zero-order valence-electron chi connectivity index (χ0n) is 12.4. The lowest BCUT2D eigenvalue weighted by molar-refractivity contribution is -0.142. The molecule has 1 aliphatic heterocycles. The number of carboxylic acids is 1. The summed E-state index contributed by atoms with van der Waals surface area (Å²) in [6.07, 6.45) is 1.62. The highest BCUT2D eigenvalue weighted by atomic mass is 35.5. The van der Waals surface area contributed by atoms with Gasteiger partial charge in [0.15, 0.2) is 0 Å². The number of carbonyl (C=O) groups is 1. The first-order chi connectivity index (χ1) is 10.1. The first-order valence-electron chi connectivity index (χ1n) is 7.14. The van der Waals surface area contributed by atoms with E-state index in [1.807, 2.05) is 42.2 Å². The van der Waals surface area contributed by atoms with E-state index in [1.165, 1.54) is 0 Å². The molecule has 0 aliphatic carbocycles. The second-order valence-corrected chi connectivity index (χ2v) is 5.35. The lowest BCUT2D eigenvalue weighted by Gasteiger charge is -2.19. The monoisotopic (exact) mass is 322 g/mol. The van der Waals surface area contributed by atoms with E-state index in [9.17, 15) is 9.90 Å². The van der Waals surface area contributed by atoms with Gasteiger partial charge in [0.1, 0.15) is 11.8 Å². The number of likely N-dealkylation sites (tertiary alicyclic amines) is 1. The molecule has 22 heavy (non-hydrogen) atoms. The van der Waals surface area contributed by atoms with Gasteiger partial charge in [-0.05, 0) is 38.4 Å². The summed E-state index contributed by atoms with van der Waals surface area (Å²) in [5.74, 6) is 0.594. The van der Waals surface area contributed by atoms with E-state index in [0.717, 1.165) is 30.0 Å². The maximum absolute atomic E-state index is 11.2. The maximum atomic E-state index is 11.2. The van der Waals surface area contributed by atoms with Gasteiger partial charge in [-0.3, -0.25) is 9.69 Å². The zero-order chi connectivity index (χ0) is 14.8. The Labute approximate surface area is 135 Å². The average molecular weight is 323 g/mol. The number of halogens is 1. The van der Waals surface area contributed by atoms with Crippen molar-refractivity contribution in [3.8, 4) is 11.5 Å². The van der Waals surface area contributed by atoms with Crippen molar-refractivity contribution in [3.63, 3.8) is 0 Å². The van der Waals surface area contributed by atoms with Crippen LogP contribution in [0.4, 0.5) is 0 Å². The van der Waals surface area contributed by atoms with E-state index in [2.05, 4.69) is 4.98 Å². The minimum Gasteiger partial charge on any atom is -0.480 e. The number of aromatic nitrogens is 1. The predicted molar refractivity (Wildman–Crippen MR) is 85.0 cm³/mol. The molecule has 1 saturated heterocycles. The van der Waals surface area contributed by atoms with Crippen LogP contribution in [0.15, 0.2) is 34.7 Å². The Bertz CT molecular complexity index is 642. The summed E-state index contributed by atoms with van der Waals surface area (Å²) in [5.41, 5.74) is 1.75. The van der Waals surface area contributed by atoms with Gasteiger partial charge in [0.05, 0.1) is 5.69 Å². The molecule has 0 spiro atoms. The second-order valence-electron chi connectivity index (χ2n) is 5.35. The van der Waals surface area contributed by atoms with Crippen LogP contribution in [0.25, 0.3) is 11.5 Å². The molecule has 0 saturated carbocycles. The molecule has 0 radical (unpaired) electrons. The third-order valence-corrected chi connectivity index (χ3v) is 3.91. The molecule has 1 atom stereocenters. The van der Waals surface area contributed by atoms with Gasteiger partial charge >= 0.3 is 5.97 Å². The summed E-state index contributed by atoms with van der Waals surface area (Å²) >= 11 is 0. The summed E-state index contributed by atoms with van der Waals surface area (Å²) < 4.78 is 5.72. The van der Waals surface area contributed by atoms with Gasteiger partial charge in [-0.1, -0.05) is 18.2 Å². The van der Waals surface area contributed by atoms with Gasteiger partial charge in [0, 0.05) is 12.1 Å². The molecule has 1 aliphatic rings. The number of benzene rings is 1. The molecule has 118 valence electrons. The first kappa shape index (κ1) is 16.5. The standard InChI is InChI=1S/C16H18N2O3.ClH/c1-11-13(10-18-9-5-8-14(18)16(19)20)17-15(21-11)12-6-3-2-4-7-12;/h2-4,6-7,14H,5,8-10H2,1H3,(H,19,20);1H. The van der Waals surface area contributed by atoms with Crippen LogP contribution >= 0.6 is 12.4 Å². The van der Waals surface area contributed by atoms with Gasteiger partial charge < -0.3 is 9.52 Å². The molecule has 3 rings (SSSR count). The van der Waals surface area contributed by atoms with Gasteiger partial charge in [0.25, 0.3) is 0 Å². The number of hydrogen-bond acceptors (Lipinski definition) is 4. The fourth-order valence-corrected chi connectivity index (χ4v) is 2.77. The van der Waals surface area contributed by atoms with Crippen LogP contribution in [0.5, 0.6) is 0 Å². The SMILES string of the molecule is Cc1oc(-c2ccccc2)nc1CN1CCCC1C(=O)O.Cl. The summed E-state index contributed by atoms with van der Waals surface area (Å²) in [7, 11) is 0. The molecular weight excluding hydrogens is 304 g/mol. The molecule has 6 heteroatoms. The number of rotatable bonds is 4. The van der Waals surface area contributed by atoms with Gasteiger partial charge in [0.2, 0.25) is 5.89 Å². The van der Waals surface area contributed by atoms with Crippen LogP contribution in [-0.2, 0) is 11.3 Å². The molecule has 1 aromatic heterocycles. The van der Waals surface area contributed by atoms with E-state index in [1.54, 1.807) is 0 Å². The predicted octanol–water partition coefficient (Wildman–Crippen LogP) is 3.12. The van der Waals surface area contributed by atoms with Crippen molar-refractivity contribution < 1.29 is 14.3 Å². The van der Waals surface area contributed by atoms with Crippen molar-refractivity contribution >= 4 is 18.4 Å². The van der Waals surface area contributed by atoms with Crippen LogP contribution < -0.4 is 0 Å². The number of hydrogen-bond donors (Lipinski definition) is 1. The fourth-order valence-electron chi connectivity index (χ4n) is 2.77. The number of carboxylic acid groups (broad SMARTS) is 1. The quantitative estimate of drug-likeness (QED) is 0.936. The molecule has 0 bridgehead atoms. The topological polar surface area (TPSA) is 66.6 Å². The summed E-state index contributed by atoms with van der Waals surface area (Å²) in [5, 5.41) is 9.23. The van der Waals surface area contributed by atoms with Gasteiger partial charge in [-0.15, -0.1) is 12.4 Å². The molecule has 5 nitrogen and oxygen atoms in total. The number of aryl methyl sites for hydroxylation is 1. The van der Waals surface area contributed by atoms with Crippen molar-refractivity contribution in [2.45, 2.75) is 32.4 Å². The molecular formula is C16H19ClN2O3. The summed E-state index contributed by atoms with van der Waals surface area (Å²) in [6, 6.07) is 9.32. The van der Waals surface area contributed by atoms with E-state index in [4.69, 9.17) is 4.42 Å². The Kier molecular flexibility index (Phi) is 5.21. The first-order valence-corrected chi connectivity index (χ1v) is 7.14. The van der Waals surface area contributed by atoms with E-state index < -0.39 is 12.0 Å². The average Bonchev–Trinajstić information content (AvgIpc) is 3.08. The third kappa shape index (κ3) is 3.31. The smallest absolute Gasteiger partial charge is 0.320 e. The Balaban J connectivity index is 0.00000176. The molecule has 1 unspecified atom stereocenters. The lowest BCUT2D eigenvalue weighted by Crippen LogP contribution is -2.35. The number of nitrogens with zero attached hydrogens (tertiary/aromatic N) is 2. The summed E-state index contributed by atoms with van der Waals surface area (Å²) in [6.45, 7) is 3.20. The van der Waals surface area contributed by atoms with Crippen LogP contribution in [0.1, 0.15) is 24.3 Å². The van der Waals surface area contributed by atoms with Crippen LogP contribution in [-0.4, -0.2) is 33.5 Å². The lowest BCUT2D eigenvalue weighted by atomic mass is 10.2. The van der Waals surface area contributed by atoms with E-state index >= 15 is 0 Å². The van der Waals surface area contributed by atoms with Crippen molar-refractivity contribution in [3.05, 3.63) is 41.8 Å². The largest absolute Gasteiger partial charge is 0.480 e. The van der Waals surface area contributed by atoms with Crippen molar-refractivity contribution in [2.75, 3.05) is 6.54 Å². The molecule has 2 aromatic rings. The Morgan fingerprint density at radius 2 is 2.14 bits per heavy atom. The fraction of sp³-hybridized carbons (Fsp3) is 0.375. The maximum Gasteiger partial charge on any atom is 0.320 e. The highest BCUT2D eigenvalue weighted by molar-refractivity contribution is 5.85. The number of aliphatic carboxylic acids is 1. The molecule has 1 fully saturated rings. The highest BCUT2D eigenvalue weighted by Gasteiger charge is 2.31. The minimum absolute atomic E-state index is 0. The Hall–Kier alpha value is -1.85. The van der Waals surface area contributed by atoms with Crippen molar-refractivity contribution in [2.24, 2.45) is 0 Å². The highest BCUT2D eigenvalue weighted by Crippen LogP contribution is 2.25. The van der Waals surface area contributed by atoms with Crippen LogP contribution in [0, 0.1) is 6.92 Å². The zero-order valence-corrected chi connectivity index (χ0v) is 13.2. The van der Waals surface area contributed by atoms with Crippen LogP contribution in [0.3, 0.4) is 0 Å². The molecule has 0 amide bonds. The van der Waals surface area contributed by atoms with Crippen molar-refractivity contribution in [1.82, 2.24) is 9.88 Å². The van der Waals surface area contributed by atoms with Crippen molar-refractivity contribution in [1.29, 1.82) is 0 Å². The Morgan fingerprint density at radius 1 is 1.41 bits per heavy atom. The molecule has 1 aromatic carbocycles. The van der Waals surface area contributed by atoms with E-state index in [0.29, 0.717) is 18.9 Å². The summed E-state index contributed by atoms with van der Waals surface area (Å²) in [4.78, 5) is 17.7. The normalized spacial score (nSPS) is 18.1. The van der Waals surface area contributed by atoms with Gasteiger partial charge in [-0.2, -0.15) is 0 Å². The third-order valence-electron chi connectivity index (χ3n) is 3.91. The molecule has 2 heterocycles. The van der Waals surface area contributed by atoms with Crippen LogP contribution in [0.2, 0.25) is 0 Å². The van der Waals surface area contributed by atoms with E-state index in [-0.39, 0.29) is 12.4 Å². The second kappa shape index (κ2) is 6.94. The minimum atomic E-state index is -0.753. The van der Waals surface area contributed by atoms with Gasteiger partial charge in [-0.25, -0.2) is 4.98 Å². The number of oxazole rings is 1. The molecule has 1 N–H and O–H groups in total.